The van der Waals surface area contributed by atoms with Crippen LogP contribution in [0.1, 0.15) is 10.4 Å². The number of anilines is 1. The molecule has 0 saturated carbocycles. The number of nitrogens with one attached hydrogen (secondary N) is 1. The average Bonchev–Trinajstić information content (AvgIpc) is 2.55. The first-order valence-electron chi connectivity index (χ1n) is 6.43. The number of non-ortho nitro benzene ring substituents is 1. The first kappa shape index (κ1) is 16.8. The monoisotopic (exact) mass is 380 g/mol. The highest BCUT2D eigenvalue weighted by atomic mass is 79.9. The summed E-state index contributed by atoms with van der Waals surface area (Å²) in [5.41, 5.74) is 0.484. The minimum atomic E-state index is -0.531. The van der Waals surface area contributed by atoms with Gasteiger partial charge >= 0.3 is 0 Å². The number of nitrogens with zero attached hydrogens (tertiary/aromatic N) is 1. The van der Waals surface area contributed by atoms with Gasteiger partial charge in [-0.1, -0.05) is 0 Å². The Hall–Kier alpha value is -2.61. The summed E-state index contributed by atoms with van der Waals surface area (Å²) in [5.74, 6) is 0.489. The lowest BCUT2D eigenvalue weighted by Gasteiger charge is -2.10. The van der Waals surface area contributed by atoms with Crippen LogP contribution in [0.3, 0.4) is 0 Å². The van der Waals surface area contributed by atoms with Gasteiger partial charge in [-0.3, -0.25) is 14.9 Å². The molecule has 0 saturated heterocycles. The molecule has 0 aromatic heterocycles. The molecule has 0 fully saturated rings. The van der Waals surface area contributed by atoms with Crippen LogP contribution in [0.5, 0.6) is 11.5 Å². The molecule has 7 nitrogen and oxygen atoms in total. The van der Waals surface area contributed by atoms with Crippen molar-refractivity contribution < 1.29 is 19.2 Å². The Morgan fingerprint density at radius 1 is 1.13 bits per heavy atom. The molecule has 0 bridgehead atoms. The lowest BCUT2D eigenvalue weighted by Crippen LogP contribution is -2.13. The number of carbonyl (C=O) groups is 1. The molecular formula is C15H13BrN2O5. The van der Waals surface area contributed by atoms with Crippen LogP contribution in [-0.2, 0) is 0 Å². The second kappa shape index (κ2) is 7.10. The molecule has 120 valence electrons. The van der Waals surface area contributed by atoms with E-state index in [1.165, 1.54) is 32.4 Å². The van der Waals surface area contributed by atoms with Crippen LogP contribution in [0, 0.1) is 10.1 Å². The SMILES string of the molecule is COc1cc(OC)cc(C(=O)Nc2cc([N+](=O)[O-])ccc2Br)c1. The number of nitro benzene ring substituents is 1. The van der Waals surface area contributed by atoms with Crippen molar-refractivity contribution in [3.05, 3.63) is 56.5 Å². The van der Waals surface area contributed by atoms with Gasteiger partial charge in [0, 0.05) is 28.2 Å². The van der Waals surface area contributed by atoms with Gasteiger partial charge in [-0.05, 0) is 34.1 Å². The Morgan fingerprint density at radius 3 is 2.26 bits per heavy atom. The summed E-state index contributed by atoms with van der Waals surface area (Å²) in [6.45, 7) is 0. The predicted octanol–water partition coefficient (Wildman–Crippen LogP) is 3.63. The summed E-state index contributed by atoms with van der Waals surface area (Å²) in [6.07, 6.45) is 0. The van der Waals surface area contributed by atoms with Crippen molar-refractivity contribution in [1.29, 1.82) is 0 Å². The third kappa shape index (κ3) is 3.98. The van der Waals surface area contributed by atoms with E-state index in [1.807, 2.05) is 0 Å². The Labute approximate surface area is 140 Å². The van der Waals surface area contributed by atoms with Crippen molar-refractivity contribution in [1.82, 2.24) is 0 Å². The number of amides is 1. The quantitative estimate of drug-likeness (QED) is 0.631. The highest BCUT2D eigenvalue weighted by Crippen LogP contribution is 2.28. The molecule has 2 rings (SSSR count). The Balaban J connectivity index is 2.32. The van der Waals surface area contributed by atoms with Crippen LogP contribution < -0.4 is 14.8 Å². The lowest BCUT2D eigenvalue weighted by molar-refractivity contribution is -0.384. The number of halogens is 1. The van der Waals surface area contributed by atoms with Gasteiger partial charge < -0.3 is 14.8 Å². The van der Waals surface area contributed by atoms with Gasteiger partial charge in [0.15, 0.2) is 0 Å². The van der Waals surface area contributed by atoms with Crippen LogP contribution in [0.25, 0.3) is 0 Å². The zero-order chi connectivity index (χ0) is 17.0. The number of nitro groups is 1. The fraction of sp³-hybridized carbons (Fsp3) is 0.133. The zero-order valence-electron chi connectivity index (χ0n) is 12.3. The molecule has 0 aliphatic carbocycles. The van der Waals surface area contributed by atoms with Crippen molar-refractivity contribution >= 4 is 33.2 Å². The van der Waals surface area contributed by atoms with E-state index >= 15 is 0 Å². The zero-order valence-corrected chi connectivity index (χ0v) is 13.9. The van der Waals surface area contributed by atoms with E-state index in [0.29, 0.717) is 27.2 Å². The minimum Gasteiger partial charge on any atom is -0.497 e. The highest BCUT2D eigenvalue weighted by molar-refractivity contribution is 9.10. The predicted molar refractivity (Wildman–Crippen MR) is 88.3 cm³/mol. The van der Waals surface area contributed by atoms with E-state index in [0.717, 1.165) is 0 Å². The largest absolute Gasteiger partial charge is 0.497 e. The summed E-state index contributed by atoms with van der Waals surface area (Å²) in [4.78, 5) is 22.7. The number of ether oxygens (including phenoxy) is 2. The molecule has 1 N–H and O–H groups in total. The number of benzene rings is 2. The van der Waals surface area contributed by atoms with E-state index in [4.69, 9.17) is 9.47 Å². The van der Waals surface area contributed by atoms with Crippen LogP contribution in [-0.4, -0.2) is 25.1 Å². The number of carbonyl (C=O) groups excluding carboxylic acids is 1. The fourth-order valence-electron chi connectivity index (χ4n) is 1.86. The van der Waals surface area contributed by atoms with Gasteiger partial charge in [0.25, 0.3) is 11.6 Å². The molecule has 0 heterocycles. The summed E-state index contributed by atoms with van der Waals surface area (Å²) in [7, 11) is 2.96. The molecule has 2 aromatic rings. The van der Waals surface area contributed by atoms with Gasteiger partial charge in [0.05, 0.1) is 24.8 Å². The maximum atomic E-state index is 12.4. The Morgan fingerprint density at radius 2 is 1.74 bits per heavy atom. The molecule has 0 aliphatic rings. The molecule has 0 atom stereocenters. The molecule has 2 aromatic carbocycles. The third-order valence-electron chi connectivity index (χ3n) is 3.02. The third-order valence-corrected chi connectivity index (χ3v) is 3.71. The van der Waals surface area contributed by atoms with Crippen molar-refractivity contribution in [2.75, 3.05) is 19.5 Å². The van der Waals surface area contributed by atoms with E-state index in [9.17, 15) is 14.9 Å². The maximum absolute atomic E-state index is 12.4. The van der Waals surface area contributed by atoms with Gasteiger partial charge in [-0.15, -0.1) is 0 Å². The second-order valence-corrected chi connectivity index (χ2v) is 5.33. The second-order valence-electron chi connectivity index (χ2n) is 4.48. The van der Waals surface area contributed by atoms with Crippen molar-refractivity contribution in [3.8, 4) is 11.5 Å². The van der Waals surface area contributed by atoms with E-state index in [-0.39, 0.29) is 5.69 Å². The summed E-state index contributed by atoms with van der Waals surface area (Å²) in [5, 5.41) is 13.5. The van der Waals surface area contributed by atoms with Gasteiger partial charge in [0.2, 0.25) is 0 Å². The number of hydrogen-bond acceptors (Lipinski definition) is 5. The Bertz CT molecular complexity index is 741. The first-order chi connectivity index (χ1) is 10.9. The van der Waals surface area contributed by atoms with Crippen LogP contribution in [0.15, 0.2) is 40.9 Å². The van der Waals surface area contributed by atoms with Crippen molar-refractivity contribution in [2.45, 2.75) is 0 Å². The molecule has 0 spiro atoms. The summed E-state index contributed by atoms with van der Waals surface area (Å²) < 4.78 is 10.8. The number of methoxy groups -OCH3 is 2. The molecule has 23 heavy (non-hydrogen) atoms. The molecule has 0 radical (unpaired) electrons. The molecule has 0 unspecified atom stereocenters. The summed E-state index contributed by atoms with van der Waals surface area (Å²) >= 11 is 3.25. The van der Waals surface area contributed by atoms with Crippen LogP contribution >= 0.6 is 15.9 Å². The maximum Gasteiger partial charge on any atom is 0.271 e. The lowest BCUT2D eigenvalue weighted by atomic mass is 10.1. The number of hydrogen-bond donors (Lipinski definition) is 1. The average molecular weight is 381 g/mol. The molecule has 0 aliphatic heterocycles. The normalized spacial score (nSPS) is 10.0. The molecule has 1 amide bonds. The first-order valence-corrected chi connectivity index (χ1v) is 7.22. The van der Waals surface area contributed by atoms with Crippen molar-refractivity contribution in [3.63, 3.8) is 0 Å². The van der Waals surface area contributed by atoms with E-state index < -0.39 is 10.8 Å². The fourth-order valence-corrected chi connectivity index (χ4v) is 2.20. The summed E-state index contributed by atoms with van der Waals surface area (Å²) in [6, 6.07) is 8.85. The Kier molecular flexibility index (Phi) is 5.17. The number of rotatable bonds is 5. The topological polar surface area (TPSA) is 90.7 Å². The van der Waals surface area contributed by atoms with Gasteiger partial charge in [0.1, 0.15) is 11.5 Å². The minimum absolute atomic E-state index is 0.119. The van der Waals surface area contributed by atoms with E-state index in [1.54, 1.807) is 18.2 Å². The van der Waals surface area contributed by atoms with Crippen LogP contribution in [0.4, 0.5) is 11.4 Å². The van der Waals surface area contributed by atoms with Gasteiger partial charge in [-0.25, -0.2) is 0 Å². The molecular weight excluding hydrogens is 368 g/mol. The standard InChI is InChI=1S/C15H13BrN2O5/c1-22-11-5-9(6-12(8-11)23-2)15(19)17-14-7-10(18(20)21)3-4-13(14)16/h3-8H,1-2H3,(H,17,19). The van der Waals surface area contributed by atoms with Gasteiger partial charge in [-0.2, -0.15) is 0 Å². The van der Waals surface area contributed by atoms with Crippen LogP contribution in [0.2, 0.25) is 0 Å². The smallest absolute Gasteiger partial charge is 0.271 e. The highest BCUT2D eigenvalue weighted by Gasteiger charge is 2.14. The van der Waals surface area contributed by atoms with E-state index in [2.05, 4.69) is 21.2 Å². The van der Waals surface area contributed by atoms with Crippen molar-refractivity contribution in [2.24, 2.45) is 0 Å². The molecule has 8 heteroatoms.